The van der Waals surface area contributed by atoms with Crippen molar-refractivity contribution in [3.63, 3.8) is 0 Å². The second-order valence-corrected chi connectivity index (χ2v) is 4.17. The van der Waals surface area contributed by atoms with E-state index in [0.717, 1.165) is 0 Å². The van der Waals surface area contributed by atoms with Crippen molar-refractivity contribution >= 4 is 18.2 Å². The van der Waals surface area contributed by atoms with Gasteiger partial charge >= 0.3 is 12.0 Å². The van der Waals surface area contributed by atoms with Crippen LogP contribution in [0.1, 0.15) is 21.9 Å². The monoisotopic (exact) mass is 303 g/mol. The third kappa shape index (κ3) is 4.37. The van der Waals surface area contributed by atoms with Gasteiger partial charge in [0.2, 0.25) is 5.76 Å². The fourth-order valence-corrected chi connectivity index (χ4v) is 1.58. The molecule has 8 heteroatoms. The highest BCUT2D eigenvalue weighted by Gasteiger charge is 2.09. The number of amides is 2. The van der Waals surface area contributed by atoms with Crippen molar-refractivity contribution in [3.05, 3.63) is 53.5 Å². The number of aromatic carboxylic acids is 1. The maximum absolute atomic E-state index is 10.7. The van der Waals surface area contributed by atoms with Crippen molar-refractivity contribution in [2.24, 2.45) is 10.8 Å². The molecule has 0 aliphatic carbocycles. The molecule has 0 saturated heterocycles. The molecule has 114 valence electrons. The number of urea groups is 1. The van der Waals surface area contributed by atoms with Crippen LogP contribution in [0.25, 0.3) is 0 Å². The van der Waals surface area contributed by atoms with Crippen LogP contribution in [-0.4, -0.2) is 23.3 Å². The van der Waals surface area contributed by atoms with Crippen LogP contribution in [0.3, 0.4) is 0 Å². The summed E-state index contributed by atoms with van der Waals surface area (Å²) in [5.74, 6) is -0.341. The molecule has 1 aromatic heterocycles. The van der Waals surface area contributed by atoms with E-state index in [1.54, 1.807) is 24.3 Å². The first-order valence-corrected chi connectivity index (χ1v) is 6.18. The summed E-state index contributed by atoms with van der Waals surface area (Å²) >= 11 is 0. The van der Waals surface area contributed by atoms with Crippen LogP contribution in [0.4, 0.5) is 4.79 Å². The van der Waals surface area contributed by atoms with E-state index in [1.807, 2.05) is 0 Å². The highest BCUT2D eigenvalue weighted by molar-refractivity contribution is 5.84. The van der Waals surface area contributed by atoms with Gasteiger partial charge in [0.15, 0.2) is 0 Å². The molecule has 4 N–H and O–H groups in total. The number of primary amides is 1. The fraction of sp³-hybridized carbons (Fsp3) is 0.0714. The first kappa shape index (κ1) is 15.1. The molecule has 0 bridgehead atoms. The SMILES string of the molecule is NC(=O)NN=Cc1cccc(OCc2ccc(C(=O)O)o2)c1. The number of carbonyl (C=O) groups is 2. The molecular weight excluding hydrogens is 290 g/mol. The Kier molecular flexibility index (Phi) is 4.76. The normalized spacial score (nSPS) is 10.5. The Balaban J connectivity index is 1.96. The summed E-state index contributed by atoms with van der Waals surface area (Å²) in [6.07, 6.45) is 1.41. The van der Waals surface area contributed by atoms with Crippen molar-refractivity contribution in [1.82, 2.24) is 5.43 Å². The number of nitrogens with one attached hydrogen (secondary N) is 1. The maximum atomic E-state index is 10.7. The Morgan fingerprint density at radius 2 is 2.18 bits per heavy atom. The molecule has 0 fully saturated rings. The molecule has 0 radical (unpaired) electrons. The smallest absolute Gasteiger partial charge is 0.371 e. The highest BCUT2D eigenvalue weighted by Crippen LogP contribution is 2.15. The van der Waals surface area contributed by atoms with Crippen molar-refractivity contribution < 1.29 is 23.8 Å². The van der Waals surface area contributed by atoms with Crippen molar-refractivity contribution in [3.8, 4) is 5.75 Å². The topological polar surface area (TPSA) is 127 Å². The summed E-state index contributed by atoms with van der Waals surface area (Å²) in [4.78, 5) is 21.2. The molecule has 0 saturated carbocycles. The number of carboxylic acid groups (broad SMARTS) is 1. The predicted molar refractivity (Wildman–Crippen MR) is 76.8 cm³/mol. The van der Waals surface area contributed by atoms with Gasteiger partial charge in [-0.3, -0.25) is 0 Å². The summed E-state index contributed by atoms with van der Waals surface area (Å²) in [7, 11) is 0. The first-order valence-electron chi connectivity index (χ1n) is 6.18. The molecule has 2 aromatic rings. The second kappa shape index (κ2) is 6.93. The van der Waals surface area contributed by atoms with E-state index >= 15 is 0 Å². The quantitative estimate of drug-likeness (QED) is 0.551. The Hall–Kier alpha value is -3.29. The van der Waals surface area contributed by atoms with E-state index in [4.69, 9.17) is 20.0 Å². The summed E-state index contributed by atoms with van der Waals surface area (Å²) < 4.78 is 10.6. The number of hydrazone groups is 1. The van der Waals surface area contributed by atoms with Gasteiger partial charge in [0.1, 0.15) is 18.1 Å². The van der Waals surface area contributed by atoms with Crippen LogP contribution in [0.5, 0.6) is 5.75 Å². The molecule has 2 rings (SSSR count). The average molecular weight is 303 g/mol. The van der Waals surface area contributed by atoms with Crippen molar-refractivity contribution in [2.45, 2.75) is 6.61 Å². The summed E-state index contributed by atoms with van der Waals surface area (Å²) in [6.45, 7) is 0.0907. The summed E-state index contributed by atoms with van der Waals surface area (Å²) in [5.41, 5.74) is 7.65. The van der Waals surface area contributed by atoms with Gasteiger partial charge in [-0.25, -0.2) is 15.0 Å². The number of nitrogens with zero attached hydrogens (tertiary/aromatic N) is 1. The predicted octanol–water partition coefficient (Wildman–Crippen LogP) is 1.56. The molecule has 1 aromatic carbocycles. The number of benzene rings is 1. The van der Waals surface area contributed by atoms with Crippen LogP contribution in [-0.2, 0) is 6.61 Å². The number of hydrogen-bond acceptors (Lipinski definition) is 5. The van der Waals surface area contributed by atoms with E-state index < -0.39 is 12.0 Å². The summed E-state index contributed by atoms with van der Waals surface area (Å²) in [5, 5.41) is 12.4. The number of nitrogens with two attached hydrogens (primary N) is 1. The van der Waals surface area contributed by atoms with Gasteiger partial charge in [0.05, 0.1) is 6.21 Å². The lowest BCUT2D eigenvalue weighted by Gasteiger charge is -2.04. The van der Waals surface area contributed by atoms with Gasteiger partial charge < -0.3 is 20.0 Å². The zero-order valence-electron chi connectivity index (χ0n) is 11.4. The van der Waals surface area contributed by atoms with Crippen LogP contribution in [0, 0.1) is 0 Å². The third-order valence-electron chi connectivity index (χ3n) is 2.50. The van der Waals surface area contributed by atoms with Gasteiger partial charge in [-0.05, 0) is 29.8 Å². The fourth-order valence-electron chi connectivity index (χ4n) is 1.58. The Labute approximate surface area is 125 Å². The lowest BCUT2D eigenvalue weighted by Crippen LogP contribution is -2.24. The molecule has 0 unspecified atom stereocenters. The van der Waals surface area contributed by atoms with Gasteiger partial charge in [-0.2, -0.15) is 5.10 Å². The minimum atomic E-state index is -1.13. The van der Waals surface area contributed by atoms with Crippen molar-refractivity contribution in [2.75, 3.05) is 0 Å². The molecule has 0 aliphatic heterocycles. The molecule has 2 amide bonds. The third-order valence-corrected chi connectivity index (χ3v) is 2.50. The number of ether oxygens (including phenoxy) is 1. The molecule has 0 spiro atoms. The lowest BCUT2D eigenvalue weighted by molar-refractivity contribution is 0.0658. The van der Waals surface area contributed by atoms with Crippen LogP contribution in [0.15, 0.2) is 45.9 Å². The minimum Gasteiger partial charge on any atom is -0.486 e. The van der Waals surface area contributed by atoms with E-state index in [0.29, 0.717) is 17.1 Å². The Morgan fingerprint density at radius 3 is 2.86 bits per heavy atom. The average Bonchev–Trinajstić information content (AvgIpc) is 2.94. The number of carboxylic acids is 1. The first-order chi connectivity index (χ1) is 10.5. The van der Waals surface area contributed by atoms with Crippen LogP contribution in [0.2, 0.25) is 0 Å². The molecule has 1 heterocycles. The zero-order valence-corrected chi connectivity index (χ0v) is 11.4. The Bertz CT molecular complexity index is 708. The molecule has 0 aliphatic rings. The van der Waals surface area contributed by atoms with Gasteiger partial charge in [0.25, 0.3) is 0 Å². The lowest BCUT2D eigenvalue weighted by atomic mass is 10.2. The second-order valence-electron chi connectivity index (χ2n) is 4.17. The largest absolute Gasteiger partial charge is 0.486 e. The van der Waals surface area contributed by atoms with Crippen LogP contribution >= 0.6 is 0 Å². The van der Waals surface area contributed by atoms with Gasteiger partial charge in [0, 0.05) is 0 Å². The van der Waals surface area contributed by atoms with Gasteiger partial charge in [-0.15, -0.1) is 0 Å². The van der Waals surface area contributed by atoms with E-state index in [2.05, 4.69) is 10.5 Å². The van der Waals surface area contributed by atoms with Crippen LogP contribution < -0.4 is 15.9 Å². The van der Waals surface area contributed by atoms with E-state index in [-0.39, 0.29) is 12.4 Å². The number of carbonyl (C=O) groups excluding carboxylic acids is 1. The molecule has 22 heavy (non-hydrogen) atoms. The molecule has 0 atom stereocenters. The highest BCUT2D eigenvalue weighted by atomic mass is 16.5. The van der Waals surface area contributed by atoms with E-state index in [1.165, 1.54) is 18.3 Å². The standard InChI is InChI=1S/C14H13N3O5/c15-14(20)17-16-7-9-2-1-3-10(6-9)21-8-11-4-5-12(22-11)13(18)19/h1-7H,8H2,(H,18,19)(H3,15,17,20). The zero-order chi connectivity index (χ0) is 15.9. The maximum Gasteiger partial charge on any atom is 0.371 e. The van der Waals surface area contributed by atoms with Crippen molar-refractivity contribution in [1.29, 1.82) is 0 Å². The van der Waals surface area contributed by atoms with E-state index in [9.17, 15) is 9.59 Å². The number of hydrogen-bond donors (Lipinski definition) is 3. The Morgan fingerprint density at radius 1 is 1.36 bits per heavy atom. The minimum absolute atomic E-state index is 0.0907. The number of rotatable bonds is 6. The number of furan rings is 1. The summed E-state index contributed by atoms with van der Waals surface area (Å²) in [6, 6.07) is 9.05. The molecule has 8 nitrogen and oxygen atoms in total. The molecular formula is C14H13N3O5. The van der Waals surface area contributed by atoms with Gasteiger partial charge in [-0.1, -0.05) is 12.1 Å².